The van der Waals surface area contributed by atoms with Gasteiger partial charge in [-0.3, -0.25) is 0 Å². The third-order valence-electron chi connectivity index (χ3n) is 3.93. The zero-order valence-electron chi connectivity index (χ0n) is 13.0. The summed E-state index contributed by atoms with van der Waals surface area (Å²) in [5.41, 5.74) is 0.0258. The lowest BCUT2D eigenvalue weighted by molar-refractivity contribution is 0.0187. The van der Waals surface area contributed by atoms with Crippen LogP contribution in [0.4, 0.5) is 0 Å². The monoisotopic (exact) mass is 414 g/mol. The molecule has 0 radical (unpaired) electrons. The maximum absolute atomic E-state index is 11.5. The summed E-state index contributed by atoms with van der Waals surface area (Å²) in [5.74, 6) is 0. The molecule has 25 heavy (non-hydrogen) atoms. The zero-order chi connectivity index (χ0) is 18.0. The Hall–Kier alpha value is -1.23. The van der Waals surface area contributed by atoms with Crippen LogP contribution in [-0.2, 0) is 18.6 Å². The summed E-state index contributed by atoms with van der Waals surface area (Å²) in [5, 5.41) is 13.4. The predicted octanol–water partition coefficient (Wildman–Crippen LogP) is 5.63. The van der Waals surface area contributed by atoms with Gasteiger partial charge >= 0.3 is 0 Å². The fourth-order valence-electron chi connectivity index (χ4n) is 2.77. The molecule has 0 saturated carbocycles. The van der Waals surface area contributed by atoms with Crippen molar-refractivity contribution >= 4 is 46.4 Å². The molecule has 0 bridgehead atoms. The van der Waals surface area contributed by atoms with Crippen LogP contribution < -0.4 is 0 Å². The first-order chi connectivity index (χ1) is 11.9. The van der Waals surface area contributed by atoms with E-state index in [-0.39, 0.29) is 13.0 Å². The van der Waals surface area contributed by atoms with Crippen molar-refractivity contribution in [3.63, 3.8) is 0 Å². The number of hydrogen-bond donors (Lipinski definition) is 1. The Morgan fingerprint density at radius 1 is 0.960 bits per heavy atom. The largest absolute Gasteiger partial charge is 0.383 e. The Morgan fingerprint density at radius 2 is 1.64 bits per heavy atom. The van der Waals surface area contributed by atoms with Gasteiger partial charge in [0, 0.05) is 44.5 Å². The Bertz CT molecular complexity index is 883. The van der Waals surface area contributed by atoms with Crippen LogP contribution in [0.25, 0.3) is 0 Å². The van der Waals surface area contributed by atoms with Crippen molar-refractivity contribution in [3.8, 4) is 0 Å². The topological polar surface area (TPSA) is 38.0 Å². The molecule has 1 unspecified atom stereocenters. The molecular formula is C18H14Cl4N2O. The van der Waals surface area contributed by atoms with E-state index in [1.54, 1.807) is 59.7 Å². The SMILES string of the molecule is OC(Cc1ccc(Cl)cc1Cl)(Cn1ccnc1)c1ccc(Cl)cc1Cl. The molecule has 7 heteroatoms. The highest BCUT2D eigenvalue weighted by atomic mass is 35.5. The third kappa shape index (κ3) is 4.30. The van der Waals surface area contributed by atoms with Gasteiger partial charge in [0.05, 0.1) is 12.9 Å². The molecule has 130 valence electrons. The number of aliphatic hydroxyl groups is 1. The Morgan fingerprint density at radius 3 is 2.24 bits per heavy atom. The maximum atomic E-state index is 11.5. The lowest BCUT2D eigenvalue weighted by atomic mass is 9.87. The van der Waals surface area contributed by atoms with E-state index < -0.39 is 5.60 Å². The molecule has 0 aliphatic heterocycles. The van der Waals surface area contributed by atoms with Gasteiger partial charge in [0.15, 0.2) is 0 Å². The Labute approximate surface area is 165 Å². The maximum Gasteiger partial charge on any atom is 0.113 e. The molecule has 0 amide bonds. The first-order valence-corrected chi connectivity index (χ1v) is 8.96. The second-order valence-electron chi connectivity index (χ2n) is 5.80. The van der Waals surface area contributed by atoms with Crippen LogP contribution in [0.1, 0.15) is 11.1 Å². The molecule has 0 aliphatic rings. The van der Waals surface area contributed by atoms with Crippen molar-refractivity contribution < 1.29 is 5.11 Å². The van der Waals surface area contributed by atoms with E-state index in [4.69, 9.17) is 46.4 Å². The second-order valence-corrected chi connectivity index (χ2v) is 7.49. The van der Waals surface area contributed by atoms with E-state index in [1.165, 1.54) is 0 Å². The van der Waals surface area contributed by atoms with Gasteiger partial charge in [-0.25, -0.2) is 4.98 Å². The van der Waals surface area contributed by atoms with Gasteiger partial charge in [-0.1, -0.05) is 58.5 Å². The first-order valence-electron chi connectivity index (χ1n) is 7.45. The smallest absolute Gasteiger partial charge is 0.113 e. The number of imidazole rings is 1. The summed E-state index contributed by atoms with van der Waals surface area (Å²) >= 11 is 24.6. The zero-order valence-corrected chi connectivity index (χ0v) is 16.0. The molecule has 0 spiro atoms. The standard InChI is InChI=1S/C18H14Cl4N2O/c19-13-2-1-12(16(21)7-13)9-18(25,10-24-6-5-23-11-24)15-4-3-14(20)8-17(15)22/h1-8,11,25H,9-10H2. The van der Waals surface area contributed by atoms with Crippen molar-refractivity contribution in [2.24, 2.45) is 0 Å². The van der Waals surface area contributed by atoms with E-state index >= 15 is 0 Å². The number of nitrogens with zero attached hydrogens (tertiary/aromatic N) is 2. The Kier molecular flexibility index (Phi) is 5.62. The molecule has 2 aromatic carbocycles. The van der Waals surface area contributed by atoms with E-state index in [2.05, 4.69) is 4.98 Å². The normalized spacial score (nSPS) is 13.6. The molecule has 1 heterocycles. The Balaban J connectivity index is 2.04. The number of rotatable bonds is 5. The van der Waals surface area contributed by atoms with E-state index in [9.17, 15) is 5.11 Å². The van der Waals surface area contributed by atoms with Gasteiger partial charge in [0.25, 0.3) is 0 Å². The van der Waals surface area contributed by atoms with Crippen LogP contribution in [0, 0.1) is 0 Å². The number of benzene rings is 2. The molecule has 3 aromatic rings. The summed E-state index contributed by atoms with van der Waals surface area (Å²) in [4.78, 5) is 4.03. The minimum atomic E-state index is -1.31. The van der Waals surface area contributed by atoms with Crippen LogP contribution in [0.3, 0.4) is 0 Å². The molecule has 1 N–H and O–H groups in total. The summed E-state index contributed by atoms with van der Waals surface area (Å²) in [6.07, 6.45) is 5.32. The summed E-state index contributed by atoms with van der Waals surface area (Å²) in [6, 6.07) is 10.2. The number of halogens is 4. The van der Waals surface area contributed by atoms with Gasteiger partial charge in [-0.2, -0.15) is 0 Å². The van der Waals surface area contributed by atoms with Crippen molar-refractivity contribution in [2.45, 2.75) is 18.6 Å². The van der Waals surface area contributed by atoms with E-state index in [0.717, 1.165) is 5.56 Å². The lowest BCUT2D eigenvalue weighted by Crippen LogP contribution is -2.34. The highest BCUT2D eigenvalue weighted by Gasteiger charge is 2.33. The van der Waals surface area contributed by atoms with Gasteiger partial charge in [0.1, 0.15) is 5.60 Å². The molecule has 0 aliphatic carbocycles. The molecule has 1 aromatic heterocycles. The van der Waals surface area contributed by atoms with Crippen LogP contribution in [-0.4, -0.2) is 14.7 Å². The fourth-order valence-corrected chi connectivity index (χ4v) is 3.83. The van der Waals surface area contributed by atoms with Crippen LogP contribution in [0.5, 0.6) is 0 Å². The van der Waals surface area contributed by atoms with Gasteiger partial charge in [0.2, 0.25) is 0 Å². The summed E-state index contributed by atoms with van der Waals surface area (Å²) in [7, 11) is 0. The highest BCUT2D eigenvalue weighted by Crippen LogP contribution is 2.36. The van der Waals surface area contributed by atoms with Gasteiger partial charge in [-0.05, 0) is 29.8 Å². The van der Waals surface area contributed by atoms with Crippen molar-refractivity contribution in [3.05, 3.63) is 86.3 Å². The third-order valence-corrected chi connectivity index (χ3v) is 5.07. The quantitative estimate of drug-likeness (QED) is 0.586. The summed E-state index contributed by atoms with van der Waals surface area (Å²) < 4.78 is 1.79. The second kappa shape index (κ2) is 7.56. The average Bonchev–Trinajstić information content (AvgIpc) is 3.02. The minimum absolute atomic E-state index is 0.253. The molecule has 0 saturated heterocycles. The van der Waals surface area contributed by atoms with Crippen molar-refractivity contribution in [2.75, 3.05) is 0 Å². The molecule has 1 atom stereocenters. The molecule has 3 rings (SSSR count). The lowest BCUT2D eigenvalue weighted by Gasteiger charge is -2.30. The van der Waals surface area contributed by atoms with E-state index in [0.29, 0.717) is 25.7 Å². The van der Waals surface area contributed by atoms with Crippen LogP contribution >= 0.6 is 46.4 Å². The summed E-state index contributed by atoms with van der Waals surface area (Å²) in [6.45, 7) is 0.257. The molecule has 0 fully saturated rings. The first kappa shape index (κ1) is 18.6. The fraction of sp³-hybridized carbons (Fsp3) is 0.167. The van der Waals surface area contributed by atoms with Gasteiger partial charge in [-0.15, -0.1) is 0 Å². The molecule has 3 nitrogen and oxygen atoms in total. The molecular weight excluding hydrogens is 402 g/mol. The van der Waals surface area contributed by atoms with E-state index in [1.807, 2.05) is 0 Å². The minimum Gasteiger partial charge on any atom is -0.383 e. The van der Waals surface area contributed by atoms with Crippen molar-refractivity contribution in [1.29, 1.82) is 0 Å². The van der Waals surface area contributed by atoms with Gasteiger partial charge < -0.3 is 9.67 Å². The highest BCUT2D eigenvalue weighted by molar-refractivity contribution is 6.35. The van der Waals surface area contributed by atoms with Crippen LogP contribution in [0.15, 0.2) is 55.1 Å². The number of hydrogen-bond acceptors (Lipinski definition) is 2. The number of aromatic nitrogens is 2. The predicted molar refractivity (Wildman–Crippen MR) is 103 cm³/mol. The van der Waals surface area contributed by atoms with Crippen molar-refractivity contribution in [1.82, 2.24) is 9.55 Å². The average molecular weight is 416 g/mol. The van der Waals surface area contributed by atoms with Crippen LogP contribution in [0.2, 0.25) is 20.1 Å².